The number of hydrogen-bond acceptors (Lipinski definition) is 3. The zero-order valence-corrected chi connectivity index (χ0v) is 8.44. The van der Waals surface area contributed by atoms with Gasteiger partial charge in [0.15, 0.2) is 0 Å². The second kappa shape index (κ2) is 6.19. The fourth-order valence-electron chi connectivity index (χ4n) is 1.43. The van der Waals surface area contributed by atoms with Crippen molar-refractivity contribution >= 4 is 11.9 Å². The molecule has 1 fully saturated rings. The Morgan fingerprint density at radius 1 is 1.47 bits per heavy atom. The predicted octanol–water partition coefficient (Wildman–Crippen LogP) is 0.312. The molecule has 0 aromatic heterocycles. The van der Waals surface area contributed by atoms with E-state index in [9.17, 15) is 9.59 Å². The molecule has 1 saturated heterocycles. The Kier molecular flexibility index (Phi) is 4.83. The molecule has 1 unspecified atom stereocenters. The molecular weight excluding hydrogens is 198 g/mol. The molecule has 0 aromatic rings. The molecule has 0 aromatic carbocycles. The Bertz CT molecular complexity index is 256. The van der Waals surface area contributed by atoms with E-state index in [0.29, 0.717) is 6.54 Å². The van der Waals surface area contributed by atoms with Crippen molar-refractivity contribution in [1.82, 2.24) is 5.32 Å². The minimum Gasteiger partial charge on any atom is -0.478 e. The monoisotopic (exact) mass is 213 g/mol. The molecule has 0 saturated carbocycles. The van der Waals surface area contributed by atoms with Gasteiger partial charge in [-0.15, -0.1) is 0 Å². The van der Waals surface area contributed by atoms with Crippen LogP contribution in [0.4, 0.5) is 0 Å². The number of carboxylic acid groups (broad SMARTS) is 1. The standard InChI is InChI=1S/C10H15NO4/c12-9(3-4-10(13)14)11-6-5-8-2-1-7-15-8/h3-4,8H,1-2,5-7H2,(H,11,12)(H,13,14)/b4-3+. The van der Waals surface area contributed by atoms with Crippen LogP contribution < -0.4 is 5.32 Å². The number of nitrogens with one attached hydrogen (secondary N) is 1. The maximum Gasteiger partial charge on any atom is 0.328 e. The van der Waals surface area contributed by atoms with Gasteiger partial charge in [0.05, 0.1) is 6.10 Å². The minimum atomic E-state index is -1.12. The largest absolute Gasteiger partial charge is 0.478 e. The number of hydrogen-bond donors (Lipinski definition) is 2. The van der Waals surface area contributed by atoms with Crippen LogP contribution in [0, 0.1) is 0 Å². The molecule has 1 aliphatic rings. The molecule has 0 bridgehead atoms. The summed E-state index contributed by atoms with van der Waals surface area (Å²) in [4.78, 5) is 21.1. The van der Waals surface area contributed by atoms with Gasteiger partial charge in [0.25, 0.3) is 0 Å². The highest BCUT2D eigenvalue weighted by molar-refractivity contribution is 5.93. The number of aliphatic carboxylic acids is 1. The van der Waals surface area contributed by atoms with E-state index in [1.807, 2.05) is 0 Å². The van der Waals surface area contributed by atoms with Gasteiger partial charge in [0.2, 0.25) is 5.91 Å². The van der Waals surface area contributed by atoms with E-state index in [-0.39, 0.29) is 12.0 Å². The average Bonchev–Trinajstić information content (AvgIpc) is 2.67. The van der Waals surface area contributed by atoms with Crippen molar-refractivity contribution in [1.29, 1.82) is 0 Å². The third-order valence-electron chi connectivity index (χ3n) is 2.17. The van der Waals surface area contributed by atoms with Crippen LogP contribution in [-0.4, -0.2) is 36.2 Å². The zero-order valence-electron chi connectivity index (χ0n) is 8.44. The van der Waals surface area contributed by atoms with E-state index < -0.39 is 5.97 Å². The van der Waals surface area contributed by atoms with Crippen molar-refractivity contribution in [2.45, 2.75) is 25.4 Å². The highest BCUT2D eigenvalue weighted by Gasteiger charge is 2.14. The molecule has 1 atom stereocenters. The number of rotatable bonds is 5. The first-order valence-electron chi connectivity index (χ1n) is 4.99. The lowest BCUT2D eigenvalue weighted by molar-refractivity contribution is -0.131. The minimum absolute atomic E-state index is 0.244. The van der Waals surface area contributed by atoms with E-state index >= 15 is 0 Å². The smallest absolute Gasteiger partial charge is 0.328 e. The normalized spacial score (nSPS) is 20.7. The van der Waals surface area contributed by atoms with Crippen molar-refractivity contribution in [2.75, 3.05) is 13.2 Å². The number of carboxylic acids is 1. The van der Waals surface area contributed by atoms with Crippen molar-refractivity contribution in [3.63, 3.8) is 0 Å². The zero-order chi connectivity index (χ0) is 11.1. The lowest BCUT2D eigenvalue weighted by Crippen LogP contribution is -2.25. The molecule has 15 heavy (non-hydrogen) atoms. The third-order valence-corrected chi connectivity index (χ3v) is 2.17. The van der Waals surface area contributed by atoms with Gasteiger partial charge >= 0.3 is 5.97 Å². The van der Waals surface area contributed by atoms with Crippen molar-refractivity contribution in [2.24, 2.45) is 0 Å². The maximum atomic E-state index is 11.0. The Labute approximate surface area is 88.1 Å². The van der Waals surface area contributed by atoms with Crippen LogP contribution in [0.15, 0.2) is 12.2 Å². The first kappa shape index (κ1) is 11.7. The molecule has 5 nitrogen and oxygen atoms in total. The molecular formula is C10H15NO4. The van der Waals surface area contributed by atoms with E-state index in [1.165, 1.54) is 0 Å². The summed E-state index contributed by atoms with van der Waals surface area (Å²) in [5.41, 5.74) is 0. The van der Waals surface area contributed by atoms with Crippen LogP contribution in [0.3, 0.4) is 0 Å². The van der Waals surface area contributed by atoms with Crippen LogP contribution in [0.25, 0.3) is 0 Å². The second-order valence-corrected chi connectivity index (χ2v) is 3.39. The van der Waals surface area contributed by atoms with Gasteiger partial charge in [-0.05, 0) is 19.3 Å². The molecule has 2 N–H and O–H groups in total. The van der Waals surface area contributed by atoms with Crippen LogP contribution in [0.5, 0.6) is 0 Å². The SMILES string of the molecule is O=C(O)/C=C/C(=O)NCCC1CCCO1. The molecule has 0 aliphatic carbocycles. The Morgan fingerprint density at radius 3 is 2.87 bits per heavy atom. The fraction of sp³-hybridized carbons (Fsp3) is 0.600. The van der Waals surface area contributed by atoms with E-state index in [2.05, 4.69) is 5.32 Å². The van der Waals surface area contributed by atoms with Gasteiger partial charge in [0, 0.05) is 25.3 Å². The summed E-state index contributed by atoms with van der Waals surface area (Å²) in [6, 6.07) is 0. The van der Waals surface area contributed by atoms with Crippen LogP contribution in [-0.2, 0) is 14.3 Å². The molecule has 0 spiro atoms. The summed E-state index contributed by atoms with van der Waals surface area (Å²) in [6.07, 6.45) is 4.98. The van der Waals surface area contributed by atoms with Gasteiger partial charge in [0.1, 0.15) is 0 Å². The van der Waals surface area contributed by atoms with Gasteiger partial charge < -0.3 is 15.2 Å². The Morgan fingerprint density at radius 2 is 2.27 bits per heavy atom. The Balaban J connectivity index is 2.08. The maximum absolute atomic E-state index is 11.0. The van der Waals surface area contributed by atoms with E-state index in [1.54, 1.807) is 0 Å². The first-order valence-corrected chi connectivity index (χ1v) is 4.99. The Hall–Kier alpha value is -1.36. The first-order chi connectivity index (χ1) is 7.18. The van der Waals surface area contributed by atoms with Gasteiger partial charge in [-0.1, -0.05) is 0 Å². The molecule has 1 amide bonds. The molecule has 1 rings (SSSR count). The summed E-state index contributed by atoms with van der Waals surface area (Å²) >= 11 is 0. The summed E-state index contributed by atoms with van der Waals surface area (Å²) < 4.78 is 5.37. The fourth-order valence-corrected chi connectivity index (χ4v) is 1.43. The average molecular weight is 213 g/mol. The molecule has 1 aliphatic heterocycles. The van der Waals surface area contributed by atoms with Crippen molar-refractivity contribution in [3.8, 4) is 0 Å². The van der Waals surface area contributed by atoms with Crippen LogP contribution in [0.1, 0.15) is 19.3 Å². The van der Waals surface area contributed by atoms with Gasteiger partial charge in [-0.3, -0.25) is 4.79 Å². The van der Waals surface area contributed by atoms with Crippen molar-refractivity contribution < 1.29 is 19.4 Å². The van der Waals surface area contributed by atoms with Crippen molar-refractivity contribution in [3.05, 3.63) is 12.2 Å². The van der Waals surface area contributed by atoms with Crippen LogP contribution in [0.2, 0.25) is 0 Å². The molecule has 1 heterocycles. The number of carbonyl (C=O) groups is 2. The second-order valence-electron chi connectivity index (χ2n) is 3.39. The molecule has 84 valence electrons. The molecule has 5 heteroatoms. The number of ether oxygens (including phenoxy) is 1. The van der Waals surface area contributed by atoms with Gasteiger partial charge in [-0.2, -0.15) is 0 Å². The summed E-state index contributed by atoms with van der Waals surface area (Å²) in [5, 5.41) is 10.9. The quantitative estimate of drug-likeness (QED) is 0.644. The number of amides is 1. The highest BCUT2D eigenvalue weighted by Crippen LogP contribution is 2.14. The third kappa shape index (κ3) is 5.17. The highest BCUT2D eigenvalue weighted by atomic mass is 16.5. The summed E-state index contributed by atoms with van der Waals surface area (Å²) in [5.74, 6) is -1.50. The topological polar surface area (TPSA) is 75.6 Å². The lowest BCUT2D eigenvalue weighted by atomic mass is 10.2. The summed E-state index contributed by atoms with van der Waals surface area (Å²) in [6.45, 7) is 1.32. The van der Waals surface area contributed by atoms with Gasteiger partial charge in [-0.25, -0.2) is 4.79 Å². The molecule has 0 radical (unpaired) electrons. The van der Waals surface area contributed by atoms with E-state index in [0.717, 1.165) is 38.0 Å². The predicted molar refractivity (Wildman–Crippen MR) is 53.4 cm³/mol. The van der Waals surface area contributed by atoms with Crippen LogP contribution >= 0.6 is 0 Å². The lowest BCUT2D eigenvalue weighted by Gasteiger charge is -2.08. The van der Waals surface area contributed by atoms with E-state index in [4.69, 9.17) is 9.84 Å². The summed E-state index contributed by atoms with van der Waals surface area (Å²) in [7, 11) is 0. The number of carbonyl (C=O) groups excluding carboxylic acids is 1.